The van der Waals surface area contributed by atoms with Crippen molar-refractivity contribution in [1.82, 2.24) is 9.88 Å². The van der Waals surface area contributed by atoms with Gasteiger partial charge in [0.1, 0.15) is 11.0 Å². The Labute approximate surface area is 185 Å². The molecule has 0 N–H and O–H groups in total. The van der Waals surface area contributed by atoms with Gasteiger partial charge in [-0.2, -0.15) is 0 Å². The number of carbonyl (C=O) groups excluding carboxylic acids is 3. The number of hydrogen-bond donors (Lipinski definition) is 0. The Kier molecular flexibility index (Phi) is 5.17. The highest BCUT2D eigenvalue weighted by molar-refractivity contribution is 7.21. The minimum Gasteiger partial charge on any atom is -0.326 e. The average Bonchev–Trinajstić information content (AvgIpc) is 3.21. The Morgan fingerprint density at radius 3 is 2.42 bits per heavy atom. The summed E-state index contributed by atoms with van der Waals surface area (Å²) in [7, 11) is 0. The summed E-state index contributed by atoms with van der Waals surface area (Å²) < 4.78 is 1.12. The molecule has 0 aliphatic carbocycles. The number of fused-ring (bicyclic) bond motifs is 1. The predicted octanol–water partition coefficient (Wildman–Crippen LogP) is 4.55. The largest absolute Gasteiger partial charge is 0.326 e. The van der Waals surface area contributed by atoms with E-state index in [9.17, 15) is 14.4 Å². The second kappa shape index (κ2) is 7.57. The van der Waals surface area contributed by atoms with E-state index in [0.717, 1.165) is 20.8 Å². The van der Waals surface area contributed by atoms with Crippen LogP contribution in [0.2, 0.25) is 0 Å². The van der Waals surface area contributed by atoms with Crippen LogP contribution in [0.3, 0.4) is 0 Å². The summed E-state index contributed by atoms with van der Waals surface area (Å²) in [5.74, 6) is -0.881. The lowest BCUT2D eigenvalue weighted by atomic mass is 10.0. The number of rotatable bonds is 3. The maximum atomic E-state index is 13.1. The molecular formula is C24H25N3O3S. The van der Waals surface area contributed by atoms with Crippen molar-refractivity contribution in [3.8, 4) is 10.6 Å². The van der Waals surface area contributed by atoms with Crippen LogP contribution in [-0.4, -0.2) is 39.2 Å². The standard InChI is InChI=1S/C24H25N3O3S/c1-14-6-11-18-20(12-14)31-22(25-18)16-7-9-17(10-8-16)26-21(29)13-19(23(26)30)27(15(2)28)24(3,4)5/h6-12,19H,13H2,1-5H3. The van der Waals surface area contributed by atoms with E-state index in [4.69, 9.17) is 0 Å². The van der Waals surface area contributed by atoms with E-state index < -0.39 is 11.6 Å². The molecule has 31 heavy (non-hydrogen) atoms. The Hall–Kier alpha value is -3.06. The van der Waals surface area contributed by atoms with Crippen molar-refractivity contribution in [3.05, 3.63) is 48.0 Å². The normalized spacial score (nSPS) is 16.9. The maximum Gasteiger partial charge on any atom is 0.257 e. The van der Waals surface area contributed by atoms with Crippen molar-refractivity contribution < 1.29 is 14.4 Å². The minimum atomic E-state index is -0.780. The molecule has 1 aromatic heterocycles. The summed E-state index contributed by atoms with van der Waals surface area (Å²) in [4.78, 5) is 45.4. The van der Waals surface area contributed by atoms with E-state index in [1.165, 1.54) is 22.3 Å². The molecule has 1 atom stereocenters. The van der Waals surface area contributed by atoms with Crippen LogP contribution in [0, 0.1) is 6.92 Å². The van der Waals surface area contributed by atoms with Gasteiger partial charge in [-0.15, -0.1) is 11.3 Å². The molecule has 1 saturated heterocycles. The van der Waals surface area contributed by atoms with Crippen molar-refractivity contribution >= 4 is 45.0 Å². The average molecular weight is 436 g/mol. The second-order valence-corrected chi connectivity index (χ2v) is 9.91. The monoisotopic (exact) mass is 435 g/mol. The Balaban J connectivity index is 1.62. The van der Waals surface area contributed by atoms with E-state index in [1.54, 1.807) is 23.5 Å². The van der Waals surface area contributed by atoms with E-state index in [-0.39, 0.29) is 24.1 Å². The molecule has 2 aromatic carbocycles. The third-order valence-electron chi connectivity index (χ3n) is 5.41. The summed E-state index contributed by atoms with van der Waals surface area (Å²) in [5, 5.41) is 0.889. The first-order chi connectivity index (χ1) is 14.6. The highest BCUT2D eigenvalue weighted by Gasteiger charge is 2.46. The van der Waals surface area contributed by atoms with Gasteiger partial charge >= 0.3 is 0 Å². The smallest absolute Gasteiger partial charge is 0.257 e. The van der Waals surface area contributed by atoms with E-state index in [2.05, 4.69) is 18.0 Å². The molecule has 1 fully saturated rings. The van der Waals surface area contributed by atoms with E-state index in [0.29, 0.717) is 5.69 Å². The first kappa shape index (κ1) is 21.2. The minimum absolute atomic E-state index is 0.00530. The second-order valence-electron chi connectivity index (χ2n) is 8.88. The fourth-order valence-corrected chi connectivity index (χ4v) is 5.23. The molecule has 4 rings (SSSR count). The number of aryl methyl sites for hydroxylation is 1. The van der Waals surface area contributed by atoms with Crippen molar-refractivity contribution in [1.29, 1.82) is 0 Å². The first-order valence-corrected chi connectivity index (χ1v) is 11.0. The number of imide groups is 1. The van der Waals surface area contributed by atoms with Gasteiger partial charge < -0.3 is 4.90 Å². The highest BCUT2D eigenvalue weighted by atomic mass is 32.1. The van der Waals surface area contributed by atoms with Crippen molar-refractivity contribution in [2.45, 2.75) is 52.6 Å². The molecule has 2 heterocycles. The number of benzene rings is 2. The number of carbonyl (C=O) groups is 3. The topological polar surface area (TPSA) is 70.6 Å². The Bertz CT molecular complexity index is 1190. The van der Waals surface area contributed by atoms with Gasteiger partial charge in [0.15, 0.2) is 0 Å². The summed E-state index contributed by atoms with van der Waals surface area (Å²) in [6.07, 6.45) is -0.00530. The summed E-state index contributed by atoms with van der Waals surface area (Å²) in [6.45, 7) is 9.08. The fraction of sp³-hybridized carbons (Fsp3) is 0.333. The van der Waals surface area contributed by atoms with Crippen LogP contribution in [0.25, 0.3) is 20.8 Å². The van der Waals surface area contributed by atoms with Gasteiger partial charge in [-0.05, 0) is 69.7 Å². The van der Waals surface area contributed by atoms with Crippen LogP contribution in [-0.2, 0) is 14.4 Å². The molecule has 0 saturated carbocycles. The molecule has 1 unspecified atom stereocenters. The van der Waals surface area contributed by atoms with Gasteiger partial charge in [-0.25, -0.2) is 9.88 Å². The quantitative estimate of drug-likeness (QED) is 0.566. The van der Waals surface area contributed by atoms with Crippen molar-refractivity contribution in [2.75, 3.05) is 4.90 Å². The summed E-state index contributed by atoms with van der Waals surface area (Å²) in [6, 6.07) is 12.7. The number of amides is 3. The molecular weight excluding hydrogens is 410 g/mol. The lowest BCUT2D eigenvalue weighted by Gasteiger charge is -2.38. The molecule has 6 nitrogen and oxygen atoms in total. The number of nitrogens with zero attached hydrogens (tertiary/aromatic N) is 3. The zero-order chi connectivity index (χ0) is 22.5. The van der Waals surface area contributed by atoms with Gasteiger partial charge in [0, 0.05) is 18.0 Å². The van der Waals surface area contributed by atoms with Gasteiger partial charge in [-0.3, -0.25) is 14.4 Å². The van der Waals surface area contributed by atoms with E-state index >= 15 is 0 Å². The number of anilines is 1. The molecule has 160 valence electrons. The molecule has 0 bridgehead atoms. The van der Waals surface area contributed by atoms with Gasteiger partial charge in [0.25, 0.3) is 5.91 Å². The van der Waals surface area contributed by atoms with Crippen LogP contribution in [0.4, 0.5) is 5.69 Å². The summed E-state index contributed by atoms with van der Waals surface area (Å²) in [5.41, 5.74) is 3.02. The van der Waals surface area contributed by atoms with Crippen LogP contribution in [0.5, 0.6) is 0 Å². The first-order valence-electron chi connectivity index (χ1n) is 10.2. The molecule has 0 spiro atoms. The molecule has 1 aliphatic heterocycles. The van der Waals surface area contributed by atoms with Crippen LogP contribution in [0.15, 0.2) is 42.5 Å². The molecule has 3 aromatic rings. The molecule has 0 radical (unpaired) electrons. The zero-order valence-electron chi connectivity index (χ0n) is 18.3. The molecule has 3 amide bonds. The van der Waals surface area contributed by atoms with Gasteiger partial charge in [-0.1, -0.05) is 6.07 Å². The van der Waals surface area contributed by atoms with Gasteiger partial charge in [0.2, 0.25) is 11.8 Å². The number of aromatic nitrogens is 1. The lowest BCUT2D eigenvalue weighted by Crippen LogP contribution is -2.53. The lowest BCUT2D eigenvalue weighted by molar-refractivity contribution is -0.142. The van der Waals surface area contributed by atoms with Gasteiger partial charge in [0.05, 0.1) is 22.3 Å². The zero-order valence-corrected chi connectivity index (χ0v) is 19.1. The summed E-state index contributed by atoms with van der Waals surface area (Å²) >= 11 is 1.61. The van der Waals surface area contributed by atoms with E-state index in [1.807, 2.05) is 45.0 Å². The van der Waals surface area contributed by atoms with Crippen molar-refractivity contribution in [2.24, 2.45) is 0 Å². The van der Waals surface area contributed by atoms with Crippen LogP contribution >= 0.6 is 11.3 Å². The Morgan fingerprint density at radius 2 is 1.81 bits per heavy atom. The number of thiazole rings is 1. The van der Waals surface area contributed by atoms with Crippen molar-refractivity contribution in [3.63, 3.8) is 0 Å². The number of hydrogen-bond acceptors (Lipinski definition) is 5. The third-order valence-corrected chi connectivity index (χ3v) is 6.48. The molecule has 7 heteroatoms. The SMILES string of the molecule is CC(=O)N(C1CC(=O)N(c2ccc(-c3nc4ccc(C)cc4s3)cc2)C1=O)C(C)(C)C. The predicted molar refractivity (Wildman–Crippen MR) is 123 cm³/mol. The highest BCUT2D eigenvalue weighted by Crippen LogP contribution is 2.34. The maximum absolute atomic E-state index is 13.1. The Morgan fingerprint density at radius 1 is 1.13 bits per heavy atom. The third kappa shape index (κ3) is 3.85. The van der Waals surface area contributed by atoms with Crippen LogP contribution < -0.4 is 4.90 Å². The molecule has 1 aliphatic rings. The van der Waals surface area contributed by atoms with Crippen LogP contribution in [0.1, 0.15) is 39.7 Å². The fourth-order valence-electron chi connectivity index (χ4n) is 4.16.